The molecule has 1 aromatic carbocycles. The molecule has 62 valence electrons. The summed E-state index contributed by atoms with van der Waals surface area (Å²) in [4.78, 5) is 0. The SMILES string of the molecule is COc1ccc2c(c1)COC=C2. The summed E-state index contributed by atoms with van der Waals surface area (Å²) in [5, 5.41) is 0. The monoisotopic (exact) mass is 162 g/mol. The minimum atomic E-state index is 0.642. The third kappa shape index (κ3) is 1.16. The Balaban J connectivity index is 2.44. The van der Waals surface area contributed by atoms with Gasteiger partial charge in [-0.2, -0.15) is 0 Å². The van der Waals surface area contributed by atoms with Gasteiger partial charge in [0.1, 0.15) is 12.4 Å². The van der Waals surface area contributed by atoms with Crippen molar-refractivity contribution in [1.82, 2.24) is 0 Å². The van der Waals surface area contributed by atoms with Crippen molar-refractivity contribution in [2.24, 2.45) is 0 Å². The number of hydrogen-bond donors (Lipinski definition) is 0. The molecule has 12 heavy (non-hydrogen) atoms. The fourth-order valence-electron chi connectivity index (χ4n) is 1.26. The van der Waals surface area contributed by atoms with Crippen molar-refractivity contribution in [3.8, 4) is 5.75 Å². The second-order valence-corrected chi connectivity index (χ2v) is 2.68. The molecule has 0 spiro atoms. The van der Waals surface area contributed by atoms with Crippen LogP contribution in [0.3, 0.4) is 0 Å². The highest BCUT2D eigenvalue weighted by Gasteiger charge is 2.05. The number of hydrogen-bond acceptors (Lipinski definition) is 2. The fraction of sp³-hybridized carbons (Fsp3) is 0.200. The Morgan fingerprint density at radius 2 is 2.33 bits per heavy atom. The molecule has 1 heterocycles. The molecule has 2 nitrogen and oxygen atoms in total. The Labute approximate surface area is 71.4 Å². The summed E-state index contributed by atoms with van der Waals surface area (Å²) in [6.45, 7) is 0.642. The van der Waals surface area contributed by atoms with Crippen LogP contribution in [0.25, 0.3) is 6.08 Å². The van der Waals surface area contributed by atoms with Crippen molar-refractivity contribution < 1.29 is 9.47 Å². The zero-order valence-electron chi connectivity index (χ0n) is 6.91. The van der Waals surface area contributed by atoms with Crippen molar-refractivity contribution in [2.45, 2.75) is 6.61 Å². The van der Waals surface area contributed by atoms with E-state index in [1.54, 1.807) is 13.4 Å². The summed E-state index contributed by atoms with van der Waals surface area (Å²) in [6, 6.07) is 5.99. The second kappa shape index (κ2) is 2.89. The molecule has 0 atom stereocenters. The van der Waals surface area contributed by atoms with Crippen LogP contribution in [0.2, 0.25) is 0 Å². The maximum absolute atomic E-state index is 5.16. The molecule has 0 saturated heterocycles. The smallest absolute Gasteiger partial charge is 0.119 e. The molecule has 1 aromatic rings. The molecular weight excluding hydrogens is 152 g/mol. The topological polar surface area (TPSA) is 18.5 Å². The first-order valence-corrected chi connectivity index (χ1v) is 3.85. The van der Waals surface area contributed by atoms with Crippen molar-refractivity contribution >= 4 is 6.08 Å². The summed E-state index contributed by atoms with van der Waals surface area (Å²) in [5.41, 5.74) is 2.39. The standard InChI is InChI=1S/C10H10O2/c1-11-10-3-2-8-4-5-12-7-9(8)6-10/h2-6H,7H2,1H3. The minimum Gasteiger partial charge on any atom is -0.497 e. The van der Waals surface area contributed by atoms with Gasteiger partial charge in [-0.05, 0) is 23.8 Å². The normalized spacial score (nSPS) is 13.4. The lowest BCUT2D eigenvalue weighted by Gasteiger charge is -2.12. The van der Waals surface area contributed by atoms with Crippen molar-refractivity contribution in [2.75, 3.05) is 7.11 Å². The average Bonchev–Trinajstić information content (AvgIpc) is 2.17. The van der Waals surface area contributed by atoms with Crippen LogP contribution in [0, 0.1) is 0 Å². The quantitative estimate of drug-likeness (QED) is 0.630. The summed E-state index contributed by atoms with van der Waals surface area (Å²) in [6.07, 6.45) is 3.67. The van der Waals surface area contributed by atoms with Gasteiger partial charge in [-0.15, -0.1) is 0 Å². The van der Waals surface area contributed by atoms with Gasteiger partial charge in [0.25, 0.3) is 0 Å². The molecule has 0 radical (unpaired) electrons. The predicted molar refractivity (Wildman–Crippen MR) is 46.8 cm³/mol. The first-order chi connectivity index (χ1) is 5.90. The molecule has 0 bridgehead atoms. The molecule has 0 aromatic heterocycles. The van der Waals surface area contributed by atoms with Crippen LogP contribution in [0.5, 0.6) is 5.75 Å². The van der Waals surface area contributed by atoms with E-state index in [4.69, 9.17) is 9.47 Å². The Morgan fingerprint density at radius 3 is 3.17 bits per heavy atom. The van der Waals surface area contributed by atoms with Crippen LogP contribution in [0.15, 0.2) is 24.5 Å². The Hall–Kier alpha value is -1.44. The third-order valence-electron chi connectivity index (χ3n) is 1.93. The Morgan fingerprint density at radius 1 is 1.42 bits per heavy atom. The number of ether oxygens (including phenoxy) is 2. The second-order valence-electron chi connectivity index (χ2n) is 2.68. The minimum absolute atomic E-state index is 0.642. The maximum Gasteiger partial charge on any atom is 0.119 e. The molecule has 0 fully saturated rings. The van der Waals surface area contributed by atoms with E-state index >= 15 is 0 Å². The predicted octanol–water partition coefficient (Wildman–Crippen LogP) is 2.20. The summed E-state index contributed by atoms with van der Waals surface area (Å²) < 4.78 is 10.3. The van der Waals surface area contributed by atoms with Gasteiger partial charge in [0.05, 0.1) is 13.4 Å². The van der Waals surface area contributed by atoms with E-state index in [9.17, 15) is 0 Å². The van der Waals surface area contributed by atoms with Crippen LogP contribution >= 0.6 is 0 Å². The highest BCUT2D eigenvalue weighted by Crippen LogP contribution is 2.22. The van der Waals surface area contributed by atoms with Crippen molar-refractivity contribution in [3.05, 3.63) is 35.6 Å². The van der Waals surface area contributed by atoms with Gasteiger partial charge in [0, 0.05) is 5.56 Å². The molecule has 2 heteroatoms. The molecule has 0 saturated carbocycles. The molecular formula is C10H10O2. The number of methoxy groups -OCH3 is 1. The van der Waals surface area contributed by atoms with E-state index in [2.05, 4.69) is 0 Å². The van der Waals surface area contributed by atoms with Crippen molar-refractivity contribution in [3.63, 3.8) is 0 Å². The van der Waals surface area contributed by atoms with Gasteiger partial charge in [-0.3, -0.25) is 0 Å². The van der Waals surface area contributed by atoms with Crippen LogP contribution in [0.4, 0.5) is 0 Å². The third-order valence-corrected chi connectivity index (χ3v) is 1.93. The summed E-state index contributed by atoms with van der Waals surface area (Å²) in [5.74, 6) is 0.882. The highest BCUT2D eigenvalue weighted by molar-refractivity contribution is 5.56. The van der Waals surface area contributed by atoms with Crippen molar-refractivity contribution in [1.29, 1.82) is 0 Å². The molecule has 0 aliphatic carbocycles. The zero-order valence-corrected chi connectivity index (χ0v) is 6.91. The first kappa shape index (κ1) is 7.22. The van der Waals surface area contributed by atoms with Gasteiger partial charge >= 0.3 is 0 Å². The highest BCUT2D eigenvalue weighted by atomic mass is 16.5. The van der Waals surface area contributed by atoms with Gasteiger partial charge in [0.15, 0.2) is 0 Å². The summed E-state index contributed by atoms with van der Waals surface area (Å²) >= 11 is 0. The molecule has 2 rings (SSSR count). The molecule has 1 aliphatic rings. The molecule has 0 N–H and O–H groups in total. The summed E-state index contributed by atoms with van der Waals surface area (Å²) in [7, 11) is 1.67. The van der Waals surface area contributed by atoms with Gasteiger partial charge in [-0.25, -0.2) is 0 Å². The van der Waals surface area contributed by atoms with E-state index in [1.165, 1.54) is 11.1 Å². The first-order valence-electron chi connectivity index (χ1n) is 3.85. The lowest BCUT2D eigenvalue weighted by Crippen LogP contribution is -1.96. The fourth-order valence-corrected chi connectivity index (χ4v) is 1.26. The van der Waals surface area contributed by atoms with E-state index in [0.29, 0.717) is 6.61 Å². The van der Waals surface area contributed by atoms with E-state index in [0.717, 1.165) is 5.75 Å². The molecule has 0 unspecified atom stereocenters. The van der Waals surface area contributed by atoms with Crippen LogP contribution in [-0.4, -0.2) is 7.11 Å². The number of rotatable bonds is 1. The Bertz CT molecular complexity index is 316. The van der Waals surface area contributed by atoms with E-state index in [1.807, 2.05) is 24.3 Å². The average molecular weight is 162 g/mol. The number of fused-ring (bicyclic) bond motifs is 1. The van der Waals surface area contributed by atoms with Gasteiger partial charge in [0.2, 0.25) is 0 Å². The van der Waals surface area contributed by atoms with E-state index < -0.39 is 0 Å². The van der Waals surface area contributed by atoms with E-state index in [-0.39, 0.29) is 0 Å². The van der Waals surface area contributed by atoms with Crippen LogP contribution in [0.1, 0.15) is 11.1 Å². The van der Waals surface area contributed by atoms with Gasteiger partial charge in [-0.1, -0.05) is 6.07 Å². The molecule has 0 amide bonds. The Kier molecular flexibility index (Phi) is 1.74. The number of benzene rings is 1. The largest absolute Gasteiger partial charge is 0.497 e. The lowest BCUT2D eigenvalue weighted by molar-refractivity contribution is 0.234. The van der Waals surface area contributed by atoms with Crippen LogP contribution in [-0.2, 0) is 11.3 Å². The lowest BCUT2D eigenvalue weighted by atomic mass is 10.1. The van der Waals surface area contributed by atoms with Gasteiger partial charge < -0.3 is 9.47 Å². The zero-order chi connectivity index (χ0) is 8.39. The molecule has 1 aliphatic heterocycles. The van der Waals surface area contributed by atoms with Crippen LogP contribution < -0.4 is 4.74 Å². The maximum atomic E-state index is 5.16.